The second-order valence-corrected chi connectivity index (χ2v) is 6.24. The molecule has 0 saturated heterocycles. The first-order chi connectivity index (χ1) is 9.22. The Hall–Kier alpha value is -0.680. The van der Waals surface area contributed by atoms with E-state index in [0.717, 1.165) is 16.5 Å². The van der Waals surface area contributed by atoms with Crippen LogP contribution in [0.5, 0.6) is 0 Å². The molecule has 19 heavy (non-hydrogen) atoms. The van der Waals surface area contributed by atoms with Gasteiger partial charge in [0.2, 0.25) is 0 Å². The Kier molecular flexibility index (Phi) is 5.58. The molecule has 0 radical (unpaired) electrons. The summed E-state index contributed by atoms with van der Waals surface area (Å²) < 4.78 is 7.14. The molecule has 2 nitrogen and oxygen atoms in total. The van der Waals surface area contributed by atoms with Crippen molar-refractivity contribution < 1.29 is 4.74 Å². The summed E-state index contributed by atoms with van der Waals surface area (Å²) in [6.45, 7) is 2.66. The highest BCUT2D eigenvalue weighted by molar-refractivity contribution is 9.10. The highest BCUT2D eigenvalue weighted by Gasteiger charge is 2.20. The van der Waals surface area contributed by atoms with Gasteiger partial charge in [-0.05, 0) is 29.5 Å². The van der Waals surface area contributed by atoms with E-state index in [0.29, 0.717) is 6.61 Å². The van der Waals surface area contributed by atoms with Crippen molar-refractivity contribution in [3.8, 4) is 0 Å². The van der Waals surface area contributed by atoms with Gasteiger partial charge in [-0.1, -0.05) is 47.1 Å². The molecule has 102 valence electrons. The zero-order valence-electron chi connectivity index (χ0n) is 10.9. The lowest BCUT2D eigenvalue weighted by molar-refractivity contribution is 0.0233. The molecular weight excluding hydrogens is 322 g/mol. The molecule has 2 N–H and O–H groups in total. The van der Waals surface area contributed by atoms with Crippen LogP contribution in [0.15, 0.2) is 46.3 Å². The van der Waals surface area contributed by atoms with E-state index in [-0.39, 0.29) is 12.1 Å². The van der Waals surface area contributed by atoms with E-state index in [9.17, 15) is 0 Å². The van der Waals surface area contributed by atoms with Crippen LogP contribution in [0.3, 0.4) is 0 Å². The molecule has 2 rings (SSSR count). The van der Waals surface area contributed by atoms with Crippen molar-refractivity contribution in [2.75, 3.05) is 0 Å². The van der Waals surface area contributed by atoms with Gasteiger partial charge in [0.1, 0.15) is 6.10 Å². The maximum atomic E-state index is 6.18. The Labute approximate surface area is 126 Å². The number of hydrogen-bond acceptors (Lipinski definition) is 3. The Morgan fingerprint density at radius 3 is 2.68 bits per heavy atom. The quantitative estimate of drug-likeness (QED) is 0.840. The van der Waals surface area contributed by atoms with E-state index in [1.165, 1.54) is 4.88 Å². The fourth-order valence-electron chi connectivity index (χ4n) is 1.88. The Morgan fingerprint density at radius 2 is 2.05 bits per heavy atom. The number of thiophene rings is 1. The first kappa shape index (κ1) is 14.7. The minimum Gasteiger partial charge on any atom is -0.366 e. The Balaban J connectivity index is 2.07. The molecule has 4 heteroatoms. The van der Waals surface area contributed by atoms with E-state index in [1.807, 2.05) is 24.3 Å². The van der Waals surface area contributed by atoms with Crippen molar-refractivity contribution in [2.24, 2.45) is 5.73 Å². The standard InChI is InChI=1S/C15H18BrNOS/c1-2-13(17)15(14-8-5-9-19-14)18-10-11-6-3-4-7-12(11)16/h3-9,13,15H,2,10,17H2,1H3. The van der Waals surface area contributed by atoms with Gasteiger partial charge in [-0.15, -0.1) is 11.3 Å². The molecule has 0 bridgehead atoms. The fourth-order valence-corrected chi connectivity index (χ4v) is 3.13. The largest absolute Gasteiger partial charge is 0.366 e. The maximum Gasteiger partial charge on any atom is 0.107 e. The molecule has 2 aromatic rings. The molecule has 0 amide bonds. The van der Waals surface area contributed by atoms with E-state index >= 15 is 0 Å². The SMILES string of the molecule is CCC(N)C(OCc1ccccc1Br)c1cccs1. The Morgan fingerprint density at radius 1 is 1.26 bits per heavy atom. The lowest BCUT2D eigenvalue weighted by Crippen LogP contribution is -2.29. The van der Waals surface area contributed by atoms with Crippen molar-refractivity contribution in [2.45, 2.75) is 32.1 Å². The number of nitrogens with two attached hydrogens (primary N) is 1. The molecule has 1 aromatic heterocycles. The molecule has 1 heterocycles. The third-order valence-corrected chi connectivity index (χ3v) is 4.77. The predicted octanol–water partition coefficient (Wildman–Crippen LogP) is 4.51. The average Bonchev–Trinajstić information content (AvgIpc) is 2.94. The van der Waals surface area contributed by atoms with Gasteiger partial charge >= 0.3 is 0 Å². The summed E-state index contributed by atoms with van der Waals surface area (Å²) in [4.78, 5) is 1.20. The zero-order chi connectivity index (χ0) is 13.7. The Bertz CT molecular complexity index is 501. The molecule has 0 aliphatic rings. The van der Waals surface area contributed by atoms with Gasteiger partial charge < -0.3 is 10.5 Å². The van der Waals surface area contributed by atoms with Crippen molar-refractivity contribution in [3.05, 3.63) is 56.7 Å². The summed E-state index contributed by atoms with van der Waals surface area (Å²) in [5.74, 6) is 0. The smallest absolute Gasteiger partial charge is 0.107 e. The molecule has 0 aliphatic carbocycles. The van der Waals surface area contributed by atoms with Gasteiger partial charge in [-0.25, -0.2) is 0 Å². The van der Waals surface area contributed by atoms with E-state index in [2.05, 4.69) is 40.4 Å². The first-order valence-electron chi connectivity index (χ1n) is 6.36. The molecule has 1 aromatic carbocycles. The summed E-state index contributed by atoms with van der Waals surface area (Å²) in [6, 6.07) is 12.3. The van der Waals surface area contributed by atoms with Crippen LogP contribution in [0.1, 0.15) is 29.9 Å². The van der Waals surface area contributed by atoms with Crippen LogP contribution >= 0.6 is 27.3 Å². The van der Waals surface area contributed by atoms with Crippen molar-refractivity contribution in [3.63, 3.8) is 0 Å². The third-order valence-electron chi connectivity index (χ3n) is 3.06. The first-order valence-corrected chi connectivity index (χ1v) is 8.03. The van der Waals surface area contributed by atoms with E-state index in [4.69, 9.17) is 10.5 Å². The lowest BCUT2D eigenvalue weighted by Gasteiger charge is -2.22. The van der Waals surface area contributed by atoms with Crippen LogP contribution in [-0.2, 0) is 11.3 Å². The van der Waals surface area contributed by atoms with Crippen LogP contribution in [0.2, 0.25) is 0 Å². The number of ether oxygens (including phenoxy) is 1. The van der Waals surface area contributed by atoms with Gasteiger partial charge in [-0.3, -0.25) is 0 Å². The lowest BCUT2D eigenvalue weighted by atomic mass is 10.1. The highest BCUT2D eigenvalue weighted by atomic mass is 79.9. The summed E-state index contributed by atoms with van der Waals surface area (Å²) in [5, 5.41) is 2.06. The molecule has 0 saturated carbocycles. The minimum atomic E-state index is -0.0305. The fraction of sp³-hybridized carbons (Fsp3) is 0.333. The number of rotatable bonds is 6. The summed E-state index contributed by atoms with van der Waals surface area (Å²) in [5.41, 5.74) is 7.33. The van der Waals surface area contributed by atoms with E-state index < -0.39 is 0 Å². The van der Waals surface area contributed by atoms with Gasteiger partial charge in [0.25, 0.3) is 0 Å². The van der Waals surface area contributed by atoms with Crippen LogP contribution in [0.25, 0.3) is 0 Å². The second-order valence-electron chi connectivity index (χ2n) is 4.41. The highest BCUT2D eigenvalue weighted by Crippen LogP contribution is 2.28. The summed E-state index contributed by atoms with van der Waals surface area (Å²) in [6.07, 6.45) is 0.871. The normalized spacial score (nSPS) is 14.3. The molecule has 2 atom stereocenters. The topological polar surface area (TPSA) is 35.2 Å². The van der Waals surface area contributed by atoms with Gasteiger partial charge in [0, 0.05) is 15.4 Å². The maximum absolute atomic E-state index is 6.18. The van der Waals surface area contributed by atoms with Gasteiger partial charge in [0.05, 0.1) is 6.61 Å². The van der Waals surface area contributed by atoms with Crippen molar-refractivity contribution in [1.82, 2.24) is 0 Å². The van der Waals surface area contributed by atoms with Crippen LogP contribution < -0.4 is 5.73 Å². The van der Waals surface area contributed by atoms with Crippen LogP contribution in [0.4, 0.5) is 0 Å². The molecular formula is C15H18BrNOS. The van der Waals surface area contributed by atoms with Crippen LogP contribution in [0, 0.1) is 0 Å². The van der Waals surface area contributed by atoms with Crippen molar-refractivity contribution >= 4 is 27.3 Å². The number of halogens is 1. The van der Waals surface area contributed by atoms with Gasteiger partial charge in [-0.2, -0.15) is 0 Å². The summed E-state index contributed by atoms with van der Waals surface area (Å²) >= 11 is 5.24. The molecule has 2 unspecified atom stereocenters. The molecule has 0 fully saturated rings. The second kappa shape index (κ2) is 7.20. The molecule has 0 aliphatic heterocycles. The minimum absolute atomic E-state index is 0.0288. The van der Waals surface area contributed by atoms with Crippen molar-refractivity contribution in [1.29, 1.82) is 0 Å². The number of hydrogen-bond donors (Lipinski definition) is 1. The average molecular weight is 340 g/mol. The zero-order valence-corrected chi connectivity index (χ0v) is 13.3. The number of benzene rings is 1. The third kappa shape index (κ3) is 3.89. The summed E-state index contributed by atoms with van der Waals surface area (Å²) in [7, 11) is 0. The van der Waals surface area contributed by atoms with Gasteiger partial charge in [0.15, 0.2) is 0 Å². The molecule has 0 spiro atoms. The monoisotopic (exact) mass is 339 g/mol. The van der Waals surface area contributed by atoms with E-state index in [1.54, 1.807) is 11.3 Å². The predicted molar refractivity (Wildman–Crippen MR) is 84.3 cm³/mol. The van der Waals surface area contributed by atoms with Crippen LogP contribution in [-0.4, -0.2) is 6.04 Å².